The van der Waals surface area contributed by atoms with Crippen LogP contribution in [-0.2, 0) is 4.79 Å². The number of hydrogen-bond acceptors (Lipinski definition) is 2. The molecule has 0 aromatic heterocycles. The lowest BCUT2D eigenvalue weighted by Gasteiger charge is -2.20. The molecule has 1 fully saturated rings. The van der Waals surface area contributed by atoms with Crippen molar-refractivity contribution in [2.75, 3.05) is 0 Å². The molecular formula is C15H22N2O. The molecule has 0 heterocycles. The lowest BCUT2D eigenvalue weighted by atomic mass is 10.0. The van der Waals surface area contributed by atoms with Crippen LogP contribution < -0.4 is 11.1 Å². The van der Waals surface area contributed by atoms with Crippen LogP contribution in [0.25, 0.3) is 0 Å². The average Bonchev–Trinajstić information content (AvgIpc) is 3.19. The van der Waals surface area contributed by atoms with Crippen LogP contribution in [0.4, 0.5) is 0 Å². The highest BCUT2D eigenvalue weighted by Crippen LogP contribution is 2.40. The molecule has 2 unspecified atom stereocenters. The normalized spacial score (nSPS) is 18.3. The number of primary amides is 1. The highest BCUT2D eigenvalue weighted by molar-refractivity contribution is 5.81. The maximum atomic E-state index is 11.6. The molecule has 3 N–H and O–H groups in total. The summed E-state index contributed by atoms with van der Waals surface area (Å²) in [5.74, 6) is 0.394. The predicted molar refractivity (Wildman–Crippen MR) is 73.2 cm³/mol. The summed E-state index contributed by atoms with van der Waals surface area (Å²) >= 11 is 0. The minimum absolute atomic E-state index is 0.284. The summed E-state index contributed by atoms with van der Waals surface area (Å²) in [6.45, 7) is 4.16. The van der Waals surface area contributed by atoms with E-state index in [2.05, 4.69) is 31.3 Å². The maximum Gasteiger partial charge on any atom is 0.239 e. The SMILES string of the molecule is CCC(C)NC(C(N)=O)c1cccc(C2CC2)c1. The molecule has 2 rings (SSSR count). The monoisotopic (exact) mass is 246 g/mol. The molecule has 0 bridgehead atoms. The first-order chi connectivity index (χ1) is 8.61. The standard InChI is InChI=1S/C15H22N2O/c1-3-10(2)17-14(15(16)18)13-6-4-5-12(9-13)11-7-8-11/h4-6,9-11,14,17H,3,7-8H2,1-2H3,(H2,16,18). The molecule has 0 aliphatic heterocycles. The van der Waals surface area contributed by atoms with Crippen LogP contribution in [0.2, 0.25) is 0 Å². The van der Waals surface area contributed by atoms with Crippen LogP contribution in [-0.4, -0.2) is 11.9 Å². The van der Waals surface area contributed by atoms with E-state index >= 15 is 0 Å². The van der Waals surface area contributed by atoms with Gasteiger partial charge in [-0.3, -0.25) is 10.1 Å². The Labute approximate surface area is 109 Å². The van der Waals surface area contributed by atoms with Crippen molar-refractivity contribution in [1.82, 2.24) is 5.32 Å². The van der Waals surface area contributed by atoms with E-state index < -0.39 is 0 Å². The molecule has 18 heavy (non-hydrogen) atoms. The van der Waals surface area contributed by atoms with Gasteiger partial charge in [0.25, 0.3) is 0 Å². The molecule has 2 atom stereocenters. The first-order valence-corrected chi connectivity index (χ1v) is 6.77. The summed E-state index contributed by atoms with van der Waals surface area (Å²) < 4.78 is 0. The zero-order chi connectivity index (χ0) is 13.1. The van der Waals surface area contributed by atoms with Crippen molar-refractivity contribution in [1.29, 1.82) is 0 Å². The Kier molecular flexibility index (Phi) is 4.02. The lowest BCUT2D eigenvalue weighted by molar-refractivity contribution is -0.120. The highest BCUT2D eigenvalue weighted by Gasteiger charge is 2.25. The molecule has 3 nitrogen and oxygen atoms in total. The Hall–Kier alpha value is -1.35. The molecule has 98 valence electrons. The van der Waals surface area contributed by atoms with E-state index in [1.54, 1.807) is 0 Å². The zero-order valence-electron chi connectivity index (χ0n) is 11.1. The van der Waals surface area contributed by atoms with E-state index in [4.69, 9.17) is 5.73 Å². The summed E-state index contributed by atoms with van der Waals surface area (Å²) in [6, 6.07) is 8.18. The number of hydrogen-bond donors (Lipinski definition) is 2. The summed E-state index contributed by atoms with van der Waals surface area (Å²) in [5.41, 5.74) is 7.84. The van der Waals surface area contributed by atoms with Crippen LogP contribution in [0.3, 0.4) is 0 Å². The van der Waals surface area contributed by atoms with Gasteiger partial charge in [0.1, 0.15) is 6.04 Å². The van der Waals surface area contributed by atoms with Gasteiger partial charge in [-0.05, 0) is 43.2 Å². The van der Waals surface area contributed by atoms with Crippen molar-refractivity contribution >= 4 is 5.91 Å². The second-order valence-electron chi connectivity index (χ2n) is 5.26. The Morgan fingerprint density at radius 1 is 1.50 bits per heavy atom. The molecule has 0 saturated heterocycles. The third-order valence-electron chi connectivity index (χ3n) is 3.64. The summed E-state index contributed by atoms with van der Waals surface area (Å²) in [7, 11) is 0. The number of benzene rings is 1. The molecule has 3 heteroatoms. The first-order valence-electron chi connectivity index (χ1n) is 6.77. The largest absolute Gasteiger partial charge is 0.368 e. The van der Waals surface area contributed by atoms with Gasteiger partial charge in [0.15, 0.2) is 0 Å². The van der Waals surface area contributed by atoms with Crippen molar-refractivity contribution in [2.24, 2.45) is 5.73 Å². The molecule has 1 aliphatic rings. The summed E-state index contributed by atoms with van der Waals surface area (Å²) in [5, 5.41) is 3.29. The minimum atomic E-state index is -0.376. The first kappa shape index (κ1) is 13.1. The third-order valence-corrected chi connectivity index (χ3v) is 3.64. The fraction of sp³-hybridized carbons (Fsp3) is 0.533. The van der Waals surface area contributed by atoms with Crippen molar-refractivity contribution in [3.8, 4) is 0 Å². The Morgan fingerprint density at radius 2 is 2.22 bits per heavy atom. The van der Waals surface area contributed by atoms with Crippen molar-refractivity contribution in [3.63, 3.8) is 0 Å². The zero-order valence-corrected chi connectivity index (χ0v) is 11.1. The van der Waals surface area contributed by atoms with Gasteiger partial charge in [-0.2, -0.15) is 0 Å². The molecule has 1 aliphatic carbocycles. The number of nitrogens with one attached hydrogen (secondary N) is 1. The Bertz CT molecular complexity index is 426. The summed E-state index contributed by atoms with van der Waals surface area (Å²) in [6.07, 6.45) is 3.51. The van der Waals surface area contributed by atoms with Crippen molar-refractivity contribution in [3.05, 3.63) is 35.4 Å². The number of amides is 1. The van der Waals surface area contributed by atoms with Crippen LogP contribution in [0.15, 0.2) is 24.3 Å². The van der Waals surface area contributed by atoms with E-state index in [0.29, 0.717) is 5.92 Å². The fourth-order valence-electron chi connectivity index (χ4n) is 2.15. The van der Waals surface area contributed by atoms with E-state index in [0.717, 1.165) is 12.0 Å². The third kappa shape index (κ3) is 3.10. The molecule has 1 amide bonds. The second-order valence-corrected chi connectivity index (χ2v) is 5.26. The van der Waals surface area contributed by atoms with E-state index in [1.165, 1.54) is 18.4 Å². The topological polar surface area (TPSA) is 55.1 Å². The molecule has 0 radical (unpaired) electrons. The van der Waals surface area contributed by atoms with Gasteiger partial charge in [0.2, 0.25) is 5.91 Å². The maximum absolute atomic E-state index is 11.6. The smallest absolute Gasteiger partial charge is 0.239 e. The number of carbonyl (C=O) groups excluding carboxylic acids is 1. The van der Waals surface area contributed by atoms with Gasteiger partial charge in [-0.15, -0.1) is 0 Å². The van der Waals surface area contributed by atoms with Crippen LogP contribution >= 0.6 is 0 Å². The van der Waals surface area contributed by atoms with Gasteiger partial charge in [-0.1, -0.05) is 31.2 Å². The average molecular weight is 246 g/mol. The van der Waals surface area contributed by atoms with Crippen molar-refractivity contribution < 1.29 is 4.79 Å². The Morgan fingerprint density at radius 3 is 2.78 bits per heavy atom. The molecule has 1 aromatic carbocycles. The highest BCUT2D eigenvalue weighted by atomic mass is 16.1. The van der Waals surface area contributed by atoms with Crippen LogP contribution in [0.1, 0.15) is 56.2 Å². The molecule has 0 spiro atoms. The van der Waals surface area contributed by atoms with Crippen LogP contribution in [0, 0.1) is 0 Å². The quantitative estimate of drug-likeness (QED) is 0.810. The van der Waals surface area contributed by atoms with Gasteiger partial charge in [0.05, 0.1) is 0 Å². The van der Waals surface area contributed by atoms with E-state index in [9.17, 15) is 4.79 Å². The summed E-state index contributed by atoms with van der Waals surface area (Å²) in [4.78, 5) is 11.6. The van der Waals surface area contributed by atoms with Gasteiger partial charge >= 0.3 is 0 Å². The number of nitrogens with two attached hydrogens (primary N) is 1. The minimum Gasteiger partial charge on any atom is -0.368 e. The molecule has 1 aromatic rings. The number of carbonyl (C=O) groups is 1. The molecule has 1 saturated carbocycles. The van der Waals surface area contributed by atoms with Gasteiger partial charge < -0.3 is 5.73 Å². The Balaban J connectivity index is 2.18. The molecular weight excluding hydrogens is 224 g/mol. The van der Waals surface area contributed by atoms with Gasteiger partial charge in [0, 0.05) is 6.04 Å². The van der Waals surface area contributed by atoms with Gasteiger partial charge in [-0.25, -0.2) is 0 Å². The van der Waals surface area contributed by atoms with Crippen LogP contribution in [0.5, 0.6) is 0 Å². The van der Waals surface area contributed by atoms with Crippen molar-refractivity contribution in [2.45, 2.75) is 51.1 Å². The predicted octanol–water partition coefficient (Wildman–Crippen LogP) is 2.48. The number of rotatable bonds is 6. The van der Waals surface area contributed by atoms with E-state index in [1.807, 2.05) is 12.1 Å². The second kappa shape index (κ2) is 5.53. The lowest BCUT2D eigenvalue weighted by Crippen LogP contribution is -2.38. The fourth-order valence-corrected chi connectivity index (χ4v) is 2.15. The van der Waals surface area contributed by atoms with E-state index in [-0.39, 0.29) is 18.0 Å².